The van der Waals surface area contributed by atoms with Crippen LogP contribution in [0.25, 0.3) is 0 Å². The van der Waals surface area contributed by atoms with Gasteiger partial charge < -0.3 is 14.8 Å². The number of nitrogens with one attached hydrogen (secondary N) is 1. The average Bonchev–Trinajstić information content (AvgIpc) is 2.93. The lowest BCUT2D eigenvalue weighted by Crippen LogP contribution is -2.38. The lowest BCUT2D eigenvalue weighted by molar-refractivity contribution is 0.0305. The topological polar surface area (TPSA) is 45.4 Å². The third kappa shape index (κ3) is 3.18. The van der Waals surface area contributed by atoms with Crippen LogP contribution in [0.5, 0.6) is 0 Å². The summed E-state index contributed by atoms with van der Waals surface area (Å²) in [5.74, 6) is 2.55. The van der Waals surface area contributed by atoms with Gasteiger partial charge in [-0.3, -0.25) is 0 Å². The van der Waals surface area contributed by atoms with Gasteiger partial charge in [-0.2, -0.15) is 0 Å². The van der Waals surface area contributed by atoms with Gasteiger partial charge in [0.25, 0.3) is 0 Å². The summed E-state index contributed by atoms with van der Waals surface area (Å²) in [6.07, 6.45) is 1.08. The SMILES string of the molecule is Cc1ccc(C(C)(O)CNC2CCSc3ccccc32)o1. The molecule has 2 N–H and O–H groups in total. The van der Waals surface area contributed by atoms with Crippen LogP contribution in [0.2, 0.25) is 0 Å². The van der Waals surface area contributed by atoms with Gasteiger partial charge in [-0.1, -0.05) is 18.2 Å². The first-order chi connectivity index (χ1) is 10.1. The Morgan fingerprint density at radius 3 is 2.90 bits per heavy atom. The first kappa shape index (κ1) is 14.7. The van der Waals surface area contributed by atoms with Crippen molar-refractivity contribution in [1.82, 2.24) is 5.32 Å². The third-order valence-electron chi connectivity index (χ3n) is 3.92. The molecule has 1 aromatic heterocycles. The van der Waals surface area contributed by atoms with Crippen LogP contribution in [0.4, 0.5) is 0 Å². The van der Waals surface area contributed by atoms with E-state index in [0.717, 1.165) is 17.9 Å². The third-order valence-corrected chi connectivity index (χ3v) is 5.05. The predicted octanol–water partition coefficient (Wildman–Crippen LogP) is 3.62. The van der Waals surface area contributed by atoms with Gasteiger partial charge in [0.2, 0.25) is 0 Å². The maximum Gasteiger partial charge on any atom is 0.136 e. The second-order valence-electron chi connectivity index (χ2n) is 5.79. The Kier molecular flexibility index (Phi) is 4.11. The average molecular weight is 303 g/mol. The van der Waals surface area contributed by atoms with E-state index in [9.17, 15) is 5.11 Å². The molecular formula is C17H21NO2S. The Balaban J connectivity index is 1.71. The van der Waals surface area contributed by atoms with Crippen LogP contribution in [0.15, 0.2) is 45.7 Å². The molecule has 3 nitrogen and oxygen atoms in total. The number of aliphatic hydroxyl groups is 1. The van der Waals surface area contributed by atoms with Crippen molar-refractivity contribution in [3.05, 3.63) is 53.5 Å². The molecule has 0 amide bonds. The molecule has 0 saturated heterocycles. The number of benzene rings is 1. The Morgan fingerprint density at radius 1 is 1.33 bits per heavy atom. The summed E-state index contributed by atoms with van der Waals surface area (Å²) in [5.41, 5.74) is 0.341. The quantitative estimate of drug-likeness (QED) is 0.905. The van der Waals surface area contributed by atoms with Crippen molar-refractivity contribution in [2.45, 2.75) is 36.8 Å². The molecule has 4 heteroatoms. The normalized spacial score (nSPS) is 20.8. The van der Waals surface area contributed by atoms with Gasteiger partial charge in [-0.05, 0) is 49.8 Å². The number of rotatable bonds is 4. The largest absolute Gasteiger partial charge is 0.463 e. The number of hydrogen-bond donors (Lipinski definition) is 2. The first-order valence-electron chi connectivity index (χ1n) is 7.31. The maximum atomic E-state index is 10.6. The van der Waals surface area contributed by atoms with Gasteiger partial charge in [-0.15, -0.1) is 11.8 Å². The number of aryl methyl sites for hydroxylation is 1. The van der Waals surface area contributed by atoms with Gasteiger partial charge in [0.15, 0.2) is 0 Å². The van der Waals surface area contributed by atoms with Crippen LogP contribution in [-0.2, 0) is 5.60 Å². The molecule has 1 aliphatic rings. The number of fused-ring (bicyclic) bond motifs is 1. The lowest BCUT2D eigenvalue weighted by Gasteiger charge is -2.29. The van der Waals surface area contributed by atoms with Gasteiger partial charge in [0.1, 0.15) is 17.1 Å². The Labute approximate surface area is 129 Å². The van der Waals surface area contributed by atoms with E-state index in [2.05, 4.69) is 29.6 Å². The summed E-state index contributed by atoms with van der Waals surface area (Å²) in [5, 5.41) is 14.1. The van der Waals surface area contributed by atoms with E-state index >= 15 is 0 Å². The van der Waals surface area contributed by atoms with E-state index in [1.165, 1.54) is 10.5 Å². The van der Waals surface area contributed by atoms with Gasteiger partial charge >= 0.3 is 0 Å². The fourth-order valence-electron chi connectivity index (χ4n) is 2.69. The first-order valence-corrected chi connectivity index (χ1v) is 8.29. The fraction of sp³-hybridized carbons (Fsp3) is 0.412. The summed E-state index contributed by atoms with van der Waals surface area (Å²) in [4.78, 5) is 1.34. The molecule has 2 atom stereocenters. The summed E-state index contributed by atoms with van der Waals surface area (Å²) in [7, 11) is 0. The minimum Gasteiger partial charge on any atom is -0.463 e. The maximum absolute atomic E-state index is 10.6. The Bertz CT molecular complexity index is 621. The summed E-state index contributed by atoms with van der Waals surface area (Å²) in [6.45, 7) is 4.16. The molecule has 21 heavy (non-hydrogen) atoms. The van der Waals surface area contributed by atoms with E-state index in [0.29, 0.717) is 18.3 Å². The Hall–Kier alpha value is -1.23. The highest BCUT2D eigenvalue weighted by Crippen LogP contribution is 2.36. The van der Waals surface area contributed by atoms with Crippen molar-refractivity contribution in [2.24, 2.45) is 0 Å². The zero-order chi connectivity index (χ0) is 14.9. The zero-order valence-corrected chi connectivity index (χ0v) is 13.2. The monoisotopic (exact) mass is 303 g/mol. The van der Waals surface area contributed by atoms with E-state index in [1.54, 1.807) is 6.92 Å². The number of thioether (sulfide) groups is 1. The van der Waals surface area contributed by atoms with Crippen LogP contribution in [0.3, 0.4) is 0 Å². The summed E-state index contributed by atoms with van der Waals surface area (Å²) < 4.78 is 5.56. The molecular weight excluding hydrogens is 282 g/mol. The fourth-order valence-corrected chi connectivity index (χ4v) is 3.81. The predicted molar refractivity (Wildman–Crippen MR) is 85.5 cm³/mol. The Morgan fingerprint density at radius 2 is 2.14 bits per heavy atom. The van der Waals surface area contributed by atoms with Crippen LogP contribution in [0.1, 0.15) is 36.5 Å². The molecule has 0 saturated carbocycles. The van der Waals surface area contributed by atoms with Gasteiger partial charge in [-0.25, -0.2) is 0 Å². The molecule has 0 fully saturated rings. The van der Waals surface area contributed by atoms with Crippen LogP contribution >= 0.6 is 11.8 Å². The molecule has 2 aromatic rings. The molecule has 2 unspecified atom stereocenters. The van der Waals surface area contributed by atoms with Crippen molar-refractivity contribution >= 4 is 11.8 Å². The summed E-state index contributed by atoms with van der Waals surface area (Å²) >= 11 is 1.90. The molecule has 1 aliphatic heterocycles. The molecule has 0 bridgehead atoms. The molecule has 0 spiro atoms. The molecule has 0 aliphatic carbocycles. The highest BCUT2D eigenvalue weighted by molar-refractivity contribution is 7.99. The molecule has 112 valence electrons. The van der Waals surface area contributed by atoms with Crippen molar-refractivity contribution < 1.29 is 9.52 Å². The van der Waals surface area contributed by atoms with Crippen LogP contribution in [-0.4, -0.2) is 17.4 Å². The minimum absolute atomic E-state index is 0.296. The zero-order valence-electron chi connectivity index (χ0n) is 12.4. The molecule has 2 heterocycles. The lowest BCUT2D eigenvalue weighted by atomic mass is 10.00. The number of hydrogen-bond acceptors (Lipinski definition) is 4. The second-order valence-corrected chi connectivity index (χ2v) is 6.93. The van der Waals surface area contributed by atoms with Crippen LogP contribution < -0.4 is 5.32 Å². The standard InChI is InChI=1S/C17H21NO2S/c1-12-7-8-16(20-12)17(2,19)11-18-14-9-10-21-15-6-4-3-5-13(14)15/h3-8,14,18-19H,9-11H2,1-2H3. The van der Waals surface area contributed by atoms with Crippen molar-refractivity contribution in [3.8, 4) is 0 Å². The second kappa shape index (κ2) is 5.87. The van der Waals surface area contributed by atoms with Gasteiger partial charge in [0, 0.05) is 17.5 Å². The molecule has 0 radical (unpaired) electrons. The van der Waals surface area contributed by atoms with Crippen LogP contribution in [0, 0.1) is 6.92 Å². The van der Waals surface area contributed by atoms with Crippen molar-refractivity contribution in [3.63, 3.8) is 0 Å². The van der Waals surface area contributed by atoms with Crippen molar-refractivity contribution in [1.29, 1.82) is 0 Å². The summed E-state index contributed by atoms with van der Waals surface area (Å²) in [6, 6.07) is 12.5. The van der Waals surface area contributed by atoms with E-state index < -0.39 is 5.60 Å². The molecule has 1 aromatic carbocycles. The van der Waals surface area contributed by atoms with Gasteiger partial charge in [0.05, 0.1) is 0 Å². The van der Waals surface area contributed by atoms with E-state index in [-0.39, 0.29) is 0 Å². The highest BCUT2D eigenvalue weighted by Gasteiger charge is 2.29. The smallest absolute Gasteiger partial charge is 0.136 e. The minimum atomic E-state index is -0.992. The van der Waals surface area contributed by atoms with Crippen molar-refractivity contribution in [2.75, 3.05) is 12.3 Å². The molecule has 3 rings (SSSR count). The van der Waals surface area contributed by atoms with E-state index in [4.69, 9.17) is 4.42 Å². The highest BCUT2D eigenvalue weighted by atomic mass is 32.2. The number of furan rings is 1. The van der Waals surface area contributed by atoms with E-state index in [1.807, 2.05) is 30.8 Å².